The Labute approximate surface area is 103 Å². The monoisotopic (exact) mass is 235 g/mol. The molecular weight excluding hydrogens is 214 g/mol. The van der Waals surface area contributed by atoms with E-state index in [4.69, 9.17) is 5.11 Å². The lowest BCUT2D eigenvalue weighted by Crippen LogP contribution is -2.02. The summed E-state index contributed by atoms with van der Waals surface area (Å²) in [6, 6.07) is 7.60. The molecule has 0 bridgehead atoms. The van der Waals surface area contributed by atoms with Crippen LogP contribution >= 0.6 is 0 Å². The lowest BCUT2D eigenvalue weighted by molar-refractivity contribution is 0.0988. The molecule has 0 atom stereocenters. The summed E-state index contributed by atoms with van der Waals surface area (Å²) in [6.45, 7) is 3.05. The van der Waals surface area contributed by atoms with Crippen LogP contribution in [0.5, 0.6) is 0 Å². The number of unbranched alkanes of at least 4 members (excludes halogenated alkanes) is 2. The third-order valence-electron chi connectivity index (χ3n) is 2.69. The topological polar surface area (TPSA) is 49.3 Å². The average Bonchev–Trinajstić information content (AvgIpc) is 2.38. The summed E-state index contributed by atoms with van der Waals surface area (Å²) in [5.74, 6) is 0.180. The highest BCUT2D eigenvalue weighted by Crippen LogP contribution is 2.11. The SMILES string of the molecule is CCC(=O)c1ccc(NCCCCCO)cc1. The van der Waals surface area contributed by atoms with Gasteiger partial charge in [0.25, 0.3) is 0 Å². The van der Waals surface area contributed by atoms with Crippen molar-refractivity contribution in [2.75, 3.05) is 18.5 Å². The number of nitrogens with one attached hydrogen (secondary N) is 1. The van der Waals surface area contributed by atoms with Gasteiger partial charge in [0, 0.05) is 30.8 Å². The molecule has 94 valence electrons. The third kappa shape index (κ3) is 5.00. The van der Waals surface area contributed by atoms with Crippen LogP contribution in [0.25, 0.3) is 0 Å². The number of benzene rings is 1. The van der Waals surface area contributed by atoms with Gasteiger partial charge in [0.05, 0.1) is 0 Å². The van der Waals surface area contributed by atoms with Crippen LogP contribution in [-0.2, 0) is 0 Å². The molecule has 0 saturated carbocycles. The van der Waals surface area contributed by atoms with Crippen LogP contribution in [0, 0.1) is 0 Å². The lowest BCUT2D eigenvalue weighted by Gasteiger charge is -2.06. The summed E-state index contributed by atoms with van der Waals surface area (Å²) < 4.78 is 0. The van der Waals surface area contributed by atoms with E-state index in [0.717, 1.165) is 37.1 Å². The van der Waals surface area contributed by atoms with Crippen LogP contribution in [-0.4, -0.2) is 24.0 Å². The van der Waals surface area contributed by atoms with Crippen molar-refractivity contribution in [2.45, 2.75) is 32.6 Å². The van der Waals surface area contributed by atoms with E-state index < -0.39 is 0 Å². The van der Waals surface area contributed by atoms with Crippen LogP contribution in [0.4, 0.5) is 5.69 Å². The van der Waals surface area contributed by atoms with Crippen LogP contribution in [0.1, 0.15) is 43.0 Å². The van der Waals surface area contributed by atoms with Gasteiger partial charge < -0.3 is 10.4 Å². The second kappa shape index (κ2) is 7.85. The molecule has 0 aliphatic carbocycles. The minimum Gasteiger partial charge on any atom is -0.396 e. The van der Waals surface area contributed by atoms with Crippen LogP contribution < -0.4 is 5.32 Å². The van der Waals surface area contributed by atoms with Crippen molar-refractivity contribution in [3.05, 3.63) is 29.8 Å². The minimum absolute atomic E-state index is 0.180. The van der Waals surface area contributed by atoms with E-state index in [-0.39, 0.29) is 12.4 Å². The fourth-order valence-corrected chi connectivity index (χ4v) is 1.62. The molecule has 1 rings (SSSR count). The smallest absolute Gasteiger partial charge is 0.162 e. The Kier molecular flexibility index (Phi) is 6.33. The average molecular weight is 235 g/mol. The molecule has 0 aromatic heterocycles. The summed E-state index contributed by atoms with van der Waals surface area (Å²) in [7, 11) is 0. The third-order valence-corrected chi connectivity index (χ3v) is 2.69. The second-order valence-corrected chi connectivity index (χ2v) is 4.07. The first-order chi connectivity index (χ1) is 8.27. The van der Waals surface area contributed by atoms with Gasteiger partial charge in [-0.3, -0.25) is 4.79 Å². The first-order valence-electron chi connectivity index (χ1n) is 6.26. The van der Waals surface area contributed by atoms with Crippen molar-refractivity contribution in [3.63, 3.8) is 0 Å². The molecule has 0 unspecified atom stereocenters. The van der Waals surface area contributed by atoms with Crippen molar-refractivity contribution < 1.29 is 9.90 Å². The van der Waals surface area contributed by atoms with E-state index in [1.807, 2.05) is 31.2 Å². The highest BCUT2D eigenvalue weighted by molar-refractivity contribution is 5.96. The van der Waals surface area contributed by atoms with E-state index in [1.165, 1.54) is 0 Å². The molecular formula is C14H21NO2. The Morgan fingerprint density at radius 2 is 1.88 bits per heavy atom. The number of aliphatic hydroxyl groups is 1. The van der Waals surface area contributed by atoms with Crippen LogP contribution in [0.2, 0.25) is 0 Å². The van der Waals surface area contributed by atoms with Gasteiger partial charge in [0.2, 0.25) is 0 Å². The fourth-order valence-electron chi connectivity index (χ4n) is 1.62. The van der Waals surface area contributed by atoms with Crippen molar-refractivity contribution >= 4 is 11.5 Å². The summed E-state index contributed by atoms with van der Waals surface area (Å²) >= 11 is 0. The van der Waals surface area contributed by atoms with Gasteiger partial charge in [-0.15, -0.1) is 0 Å². The number of aliphatic hydroxyl groups excluding tert-OH is 1. The zero-order valence-electron chi connectivity index (χ0n) is 10.4. The minimum atomic E-state index is 0.180. The molecule has 0 amide bonds. The fraction of sp³-hybridized carbons (Fsp3) is 0.500. The number of anilines is 1. The van der Waals surface area contributed by atoms with Crippen molar-refractivity contribution in [1.82, 2.24) is 0 Å². The Bertz CT molecular complexity index is 333. The van der Waals surface area contributed by atoms with Gasteiger partial charge in [-0.25, -0.2) is 0 Å². The zero-order valence-corrected chi connectivity index (χ0v) is 10.4. The summed E-state index contributed by atoms with van der Waals surface area (Å²) in [4.78, 5) is 11.4. The molecule has 1 aromatic carbocycles. The van der Waals surface area contributed by atoms with E-state index in [0.29, 0.717) is 6.42 Å². The molecule has 0 fully saturated rings. The van der Waals surface area contributed by atoms with Crippen LogP contribution in [0.3, 0.4) is 0 Å². The molecule has 2 N–H and O–H groups in total. The van der Waals surface area contributed by atoms with Crippen molar-refractivity contribution in [2.24, 2.45) is 0 Å². The molecule has 0 aliphatic rings. The highest BCUT2D eigenvalue weighted by atomic mass is 16.2. The van der Waals surface area contributed by atoms with Gasteiger partial charge >= 0.3 is 0 Å². The largest absolute Gasteiger partial charge is 0.396 e. The highest BCUT2D eigenvalue weighted by Gasteiger charge is 2.01. The molecule has 1 aromatic rings. The van der Waals surface area contributed by atoms with Crippen molar-refractivity contribution in [1.29, 1.82) is 0 Å². The molecule has 3 heteroatoms. The molecule has 0 radical (unpaired) electrons. The first-order valence-corrected chi connectivity index (χ1v) is 6.26. The number of Topliss-reactive ketones (excluding diaryl/α,β-unsaturated/α-hetero) is 1. The first kappa shape index (κ1) is 13.7. The molecule has 0 saturated heterocycles. The lowest BCUT2D eigenvalue weighted by atomic mass is 10.1. The normalized spacial score (nSPS) is 10.2. The molecule has 3 nitrogen and oxygen atoms in total. The maximum Gasteiger partial charge on any atom is 0.162 e. The van der Waals surface area contributed by atoms with Gasteiger partial charge in [-0.1, -0.05) is 6.92 Å². The number of ketones is 1. The number of hydrogen-bond donors (Lipinski definition) is 2. The number of carbonyl (C=O) groups is 1. The molecule has 0 aliphatic heterocycles. The van der Waals surface area contributed by atoms with Gasteiger partial charge in [0.1, 0.15) is 0 Å². The standard InChI is InChI=1S/C14H21NO2/c1-2-14(17)12-6-8-13(9-7-12)15-10-4-3-5-11-16/h6-9,15-16H,2-5,10-11H2,1H3. The molecule has 0 heterocycles. The van der Waals surface area contributed by atoms with Crippen LogP contribution in [0.15, 0.2) is 24.3 Å². The number of rotatable bonds is 8. The Hall–Kier alpha value is -1.35. The van der Waals surface area contributed by atoms with Gasteiger partial charge in [-0.2, -0.15) is 0 Å². The Morgan fingerprint density at radius 3 is 2.47 bits per heavy atom. The maximum absolute atomic E-state index is 11.4. The quantitative estimate of drug-likeness (QED) is 0.538. The van der Waals surface area contributed by atoms with E-state index in [9.17, 15) is 4.79 Å². The Balaban J connectivity index is 2.33. The van der Waals surface area contributed by atoms with Gasteiger partial charge in [0.15, 0.2) is 5.78 Å². The summed E-state index contributed by atoms with van der Waals surface area (Å²) in [5, 5.41) is 11.9. The molecule has 17 heavy (non-hydrogen) atoms. The van der Waals surface area contributed by atoms with E-state index in [2.05, 4.69) is 5.32 Å². The predicted molar refractivity (Wildman–Crippen MR) is 70.5 cm³/mol. The Morgan fingerprint density at radius 1 is 1.18 bits per heavy atom. The van der Waals surface area contributed by atoms with E-state index in [1.54, 1.807) is 0 Å². The second-order valence-electron chi connectivity index (χ2n) is 4.07. The van der Waals surface area contributed by atoms with Crippen molar-refractivity contribution in [3.8, 4) is 0 Å². The van der Waals surface area contributed by atoms with Gasteiger partial charge in [-0.05, 0) is 43.5 Å². The number of carbonyl (C=O) groups excluding carboxylic acids is 1. The maximum atomic E-state index is 11.4. The summed E-state index contributed by atoms with van der Waals surface area (Å²) in [5.41, 5.74) is 1.82. The number of hydrogen-bond acceptors (Lipinski definition) is 3. The van der Waals surface area contributed by atoms with E-state index >= 15 is 0 Å². The predicted octanol–water partition coefficient (Wildman–Crippen LogP) is 2.85. The summed E-state index contributed by atoms with van der Waals surface area (Å²) in [6.07, 6.45) is 3.51. The zero-order chi connectivity index (χ0) is 12.5. The molecule has 0 spiro atoms.